The van der Waals surface area contributed by atoms with E-state index >= 15 is 0 Å². The zero-order valence-corrected chi connectivity index (χ0v) is 17.8. The fourth-order valence-corrected chi connectivity index (χ4v) is 3.85. The van der Waals surface area contributed by atoms with Crippen LogP contribution >= 0.6 is 0 Å². The predicted molar refractivity (Wildman–Crippen MR) is 108 cm³/mol. The molecule has 3 N–H and O–H groups in total. The maximum atomic E-state index is 12.5. The second-order valence-electron chi connectivity index (χ2n) is 8.70. The molecule has 1 aromatic heterocycles. The summed E-state index contributed by atoms with van der Waals surface area (Å²) >= 11 is 0. The van der Waals surface area contributed by atoms with Crippen molar-refractivity contribution in [2.24, 2.45) is 11.1 Å². The van der Waals surface area contributed by atoms with Gasteiger partial charge in [-0.05, 0) is 71.9 Å². The van der Waals surface area contributed by atoms with E-state index in [2.05, 4.69) is 24.1 Å². The molecule has 0 saturated carbocycles. The molecule has 1 fully saturated rings. The highest BCUT2D eigenvalue weighted by Gasteiger charge is 2.42. The minimum atomic E-state index is -1.57. The van der Waals surface area contributed by atoms with E-state index in [9.17, 15) is 9.00 Å². The fraction of sp³-hybridized carbons (Fsp3) is 0.684. The molecule has 2 unspecified atom stereocenters. The largest absolute Gasteiger partial charge is 0.444 e. The standard InChI is InChI=1S/C19H32N4O3S/c1-18(2,3)26-17(24)23-13-14(12-19(23,4)5)8-7-11-21-15-9-6-10-16(22-15)27(20)25/h6,9-10,14H,7-8,11-13,20H2,1-5H3,(H,21,22). The summed E-state index contributed by atoms with van der Waals surface area (Å²) in [6.07, 6.45) is 2.70. The monoisotopic (exact) mass is 396 g/mol. The highest BCUT2D eigenvalue weighted by atomic mass is 32.2. The summed E-state index contributed by atoms with van der Waals surface area (Å²) in [5, 5.41) is 8.97. The summed E-state index contributed by atoms with van der Waals surface area (Å²) in [4.78, 5) is 18.6. The van der Waals surface area contributed by atoms with Gasteiger partial charge in [-0.25, -0.2) is 19.1 Å². The van der Waals surface area contributed by atoms with Crippen molar-refractivity contribution >= 4 is 22.9 Å². The molecule has 152 valence electrons. The molecule has 27 heavy (non-hydrogen) atoms. The Hall–Kier alpha value is -1.67. The van der Waals surface area contributed by atoms with E-state index in [4.69, 9.17) is 9.88 Å². The number of ether oxygens (including phenoxy) is 1. The summed E-state index contributed by atoms with van der Waals surface area (Å²) < 4.78 is 16.8. The van der Waals surface area contributed by atoms with Gasteiger partial charge in [0.15, 0.2) is 0 Å². The van der Waals surface area contributed by atoms with Gasteiger partial charge in [-0.3, -0.25) is 0 Å². The maximum Gasteiger partial charge on any atom is 0.410 e. The van der Waals surface area contributed by atoms with E-state index in [1.165, 1.54) is 0 Å². The molecule has 2 atom stereocenters. The molecule has 0 radical (unpaired) electrons. The molecule has 0 aliphatic carbocycles. The van der Waals surface area contributed by atoms with Crippen molar-refractivity contribution in [3.8, 4) is 0 Å². The fourth-order valence-electron chi connectivity index (χ4n) is 3.45. The molecule has 0 spiro atoms. The summed E-state index contributed by atoms with van der Waals surface area (Å²) in [5.41, 5.74) is -0.675. The van der Waals surface area contributed by atoms with Gasteiger partial charge in [0.1, 0.15) is 27.4 Å². The van der Waals surface area contributed by atoms with Crippen molar-refractivity contribution in [1.29, 1.82) is 0 Å². The molecule has 1 aromatic rings. The summed E-state index contributed by atoms with van der Waals surface area (Å²) in [6, 6.07) is 5.26. The zero-order valence-electron chi connectivity index (χ0n) is 16.9. The summed E-state index contributed by atoms with van der Waals surface area (Å²) in [6.45, 7) is 11.3. The Labute approximate surface area is 164 Å². The number of hydrogen-bond donors (Lipinski definition) is 2. The molecule has 1 aliphatic rings. The third-order valence-electron chi connectivity index (χ3n) is 4.60. The lowest BCUT2D eigenvalue weighted by atomic mass is 9.93. The van der Waals surface area contributed by atoms with Crippen molar-refractivity contribution in [2.45, 2.75) is 70.0 Å². The van der Waals surface area contributed by atoms with E-state index < -0.39 is 16.6 Å². The summed E-state index contributed by atoms with van der Waals surface area (Å²) in [5.74, 6) is 1.12. The number of nitrogens with two attached hydrogens (primary N) is 1. The van der Waals surface area contributed by atoms with Crippen LogP contribution in [-0.2, 0) is 15.7 Å². The van der Waals surface area contributed by atoms with E-state index in [1.807, 2.05) is 31.7 Å². The minimum absolute atomic E-state index is 0.193. The number of aromatic nitrogens is 1. The average Bonchev–Trinajstić information content (AvgIpc) is 2.85. The first-order valence-electron chi connectivity index (χ1n) is 9.36. The van der Waals surface area contributed by atoms with Crippen LogP contribution in [0.1, 0.15) is 53.9 Å². The third-order valence-corrected chi connectivity index (χ3v) is 5.24. The Balaban J connectivity index is 1.81. The van der Waals surface area contributed by atoms with E-state index in [0.29, 0.717) is 16.8 Å². The van der Waals surface area contributed by atoms with Crippen LogP contribution in [-0.4, -0.2) is 44.4 Å². The number of hydrogen-bond acceptors (Lipinski definition) is 5. The second kappa shape index (κ2) is 8.56. The van der Waals surface area contributed by atoms with Gasteiger partial charge in [0.2, 0.25) is 0 Å². The minimum Gasteiger partial charge on any atom is -0.444 e. The first kappa shape index (κ1) is 21.6. The van der Waals surface area contributed by atoms with Gasteiger partial charge in [0, 0.05) is 18.6 Å². The molecule has 1 aliphatic heterocycles. The number of nitrogens with zero attached hydrogens (tertiary/aromatic N) is 2. The molecule has 2 heterocycles. The van der Waals surface area contributed by atoms with Crippen molar-refractivity contribution in [3.63, 3.8) is 0 Å². The molecule has 1 saturated heterocycles. The van der Waals surface area contributed by atoms with Crippen molar-refractivity contribution < 1.29 is 13.7 Å². The third kappa shape index (κ3) is 6.46. The molecule has 8 heteroatoms. The van der Waals surface area contributed by atoms with Crippen LogP contribution in [0.15, 0.2) is 23.2 Å². The molecular formula is C19H32N4O3S. The Morgan fingerprint density at radius 1 is 1.44 bits per heavy atom. The van der Waals surface area contributed by atoms with Crippen LogP contribution < -0.4 is 10.5 Å². The number of pyridine rings is 1. The predicted octanol–water partition coefficient (Wildman–Crippen LogP) is 3.29. The van der Waals surface area contributed by atoms with Crippen LogP contribution in [0.4, 0.5) is 10.6 Å². The number of carbonyl (C=O) groups is 1. The van der Waals surface area contributed by atoms with Gasteiger partial charge >= 0.3 is 6.09 Å². The Bertz CT molecular complexity index is 688. The van der Waals surface area contributed by atoms with Gasteiger partial charge in [0.05, 0.1) is 0 Å². The Morgan fingerprint density at radius 2 is 2.15 bits per heavy atom. The Kier molecular flexibility index (Phi) is 6.86. The van der Waals surface area contributed by atoms with Crippen LogP contribution in [0.5, 0.6) is 0 Å². The number of anilines is 1. The lowest BCUT2D eigenvalue weighted by molar-refractivity contribution is 0.0131. The quantitative estimate of drug-likeness (QED) is 0.719. The smallest absolute Gasteiger partial charge is 0.410 e. The average molecular weight is 397 g/mol. The Morgan fingerprint density at radius 3 is 2.78 bits per heavy atom. The molecule has 7 nitrogen and oxygen atoms in total. The first-order chi connectivity index (χ1) is 12.5. The number of rotatable bonds is 6. The topological polar surface area (TPSA) is 97.5 Å². The zero-order chi connectivity index (χ0) is 20.2. The van der Waals surface area contributed by atoms with Crippen molar-refractivity contribution in [1.82, 2.24) is 9.88 Å². The van der Waals surface area contributed by atoms with Gasteiger partial charge in [-0.15, -0.1) is 0 Å². The van der Waals surface area contributed by atoms with Crippen LogP contribution in [0.3, 0.4) is 0 Å². The highest BCUT2D eigenvalue weighted by Crippen LogP contribution is 2.36. The van der Waals surface area contributed by atoms with Gasteiger partial charge in [-0.2, -0.15) is 0 Å². The summed E-state index contributed by atoms with van der Waals surface area (Å²) in [7, 11) is -1.57. The van der Waals surface area contributed by atoms with Crippen molar-refractivity contribution in [3.05, 3.63) is 18.2 Å². The molecule has 0 aromatic carbocycles. The van der Waals surface area contributed by atoms with E-state index in [1.54, 1.807) is 12.1 Å². The van der Waals surface area contributed by atoms with Gasteiger partial charge in [0.25, 0.3) is 0 Å². The van der Waals surface area contributed by atoms with Crippen LogP contribution in [0.2, 0.25) is 0 Å². The maximum absolute atomic E-state index is 12.5. The first-order valence-corrected chi connectivity index (χ1v) is 10.6. The van der Waals surface area contributed by atoms with Gasteiger partial charge in [-0.1, -0.05) is 6.07 Å². The van der Waals surface area contributed by atoms with Gasteiger partial charge < -0.3 is 15.0 Å². The van der Waals surface area contributed by atoms with Crippen molar-refractivity contribution in [2.75, 3.05) is 18.4 Å². The molecular weight excluding hydrogens is 364 g/mol. The molecule has 2 rings (SSSR count). The number of nitrogens with one attached hydrogen (secondary N) is 1. The van der Waals surface area contributed by atoms with Crippen LogP contribution in [0.25, 0.3) is 0 Å². The molecule has 1 amide bonds. The lowest BCUT2D eigenvalue weighted by Crippen LogP contribution is -2.45. The highest BCUT2D eigenvalue weighted by molar-refractivity contribution is 7.82. The molecule has 0 bridgehead atoms. The van der Waals surface area contributed by atoms with Crippen LogP contribution in [0, 0.1) is 5.92 Å². The second-order valence-corrected chi connectivity index (χ2v) is 9.71. The number of amides is 1. The van der Waals surface area contributed by atoms with E-state index in [0.717, 1.165) is 32.4 Å². The number of carbonyl (C=O) groups excluding carboxylic acids is 1. The normalized spacial score (nSPS) is 20.4. The SMILES string of the molecule is CC(C)(C)OC(=O)N1CC(CCCNc2cccc(S(N)=O)n2)CC1(C)C. The lowest BCUT2D eigenvalue weighted by Gasteiger charge is -2.33. The number of likely N-dealkylation sites (tertiary alicyclic amines) is 1. The van der Waals surface area contributed by atoms with E-state index in [-0.39, 0.29) is 11.6 Å².